The van der Waals surface area contributed by atoms with Crippen molar-refractivity contribution in [1.82, 2.24) is 0 Å². The van der Waals surface area contributed by atoms with Crippen LogP contribution >= 0.6 is 27.5 Å². The SMILES string of the molecule is Cc1cc(NC(=O)c2cccc(F)c2Cl)ccc1Br. The van der Waals surface area contributed by atoms with Crippen molar-refractivity contribution in [2.75, 3.05) is 5.32 Å². The standard InChI is InChI=1S/C14H10BrClFNO/c1-8-7-9(5-6-11(8)15)18-14(19)10-3-2-4-12(17)13(10)16/h2-7H,1H3,(H,18,19). The first-order chi connectivity index (χ1) is 8.99. The highest BCUT2D eigenvalue weighted by Gasteiger charge is 2.13. The fourth-order valence-electron chi connectivity index (χ4n) is 1.60. The fraction of sp³-hybridized carbons (Fsp3) is 0.0714. The van der Waals surface area contributed by atoms with Crippen molar-refractivity contribution in [3.8, 4) is 0 Å². The zero-order valence-electron chi connectivity index (χ0n) is 10.0. The van der Waals surface area contributed by atoms with Crippen LogP contribution in [0.15, 0.2) is 40.9 Å². The van der Waals surface area contributed by atoms with Crippen LogP contribution in [0.2, 0.25) is 5.02 Å². The van der Waals surface area contributed by atoms with Crippen molar-refractivity contribution >= 4 is 39.1 Å². The number of nitrogens with one attached hydrogen (secondary N) is 1. The lowest BCUT2D eigenvalue weighted by Gasteiger charge is -2.08. The molecule has 0 saturated heterocycles. The highest BCUT2D eigenvalue weighted by Crippen LogP contribution is 2.23. The van der Waals surface area contributed by atoms with E-state index in [-0.39, 0.29) is 10.6 Å². The number of halogens is 3. The van der Waals surface area contributed by atoms with Gasteiger partial charge in [-0.3, -0.25) is 4.79 Å². The summed E-state index contributed by atoms with van der Waals surface area (Å²) >= 11 is 9.15. The molecule has 0 saturated carbocycles. The van der Waals surface area contributed by atoms with E-state index in [1.807, 2.05) is 19.1 Å². The predicted molar refractivity (Wildman–Crippen MR) is 78.2 cm³/mol. The Bertz CT molecular complexity index is 645. The topological polar surface area (TPSA) is 29.1 Å². The second-order valence-electron chi connectivity index (χ2n) is 4.02. The smallest absolute Gasteiger partial charge is 0.257 e. The molecule has 0 aliphatic carbocycles. The van der Waals surface area contributed by atoms with Gasteiger partial charge in [-0.15, -0.1) is 0 Å². The Hall–Kier alpha value is -1.39. The lowest BCUT2D eigenvalue weighted by Crippen LogP contribution is -2.13. The highest BCUT2D eigenvalue weighted by molar-refractivity contribution is 9.10. The summed E-state index contributed by atoms with van der Waals surface area (Å²) in [6.45, 7) is 1.91. The third kappa shape index (κ3) is 3.14. The molecule has 1 amide bonds. The Morgan fingerprint density at radius 2 is 2.05 bits per heavy atom. The van der Waals surface area contributed by atoms with Crippen LogP contribution in [0.1, 0.15) is 15.9 Å². The van der Waals surface area contributed by atoms with Crippen LogP contribution in [-0.2, 0) is 0 Å². The van der Waals surface area contributed by atoms with E-state index >= 15 is 0 Å². The first-order valence-electron chi connectivity index (χ1n) is 5.50. The van der Waals surface area contributed by atoms with Gasteiger partial charge in [-0.1, -0.05) is 33.6 Å². The number of carbonyl (C=O) groups excluding carboxylic acids is 1. The normalized spacial score (nSPS) is 10.3. The minimum Gasteiger partial charge on any atom is -0.322 e. The molecule has 1 N–H and O–H groups in total. The van der Waals surface area contributed by atoms with Crippen molar-refractivity contribution in [3.63, 3.8) is 0 Å². The molecule has 0 heterocycles. The Labute approximate surface area is 123 Å². The number of benzene rings is 2. The largest absolute Gasteiger partial charge is 0.322 e. The van der Waals surface area contributed by atoms with Crippen molar-refractivity contribution < 1.29 is 9.18 Å². The number of hydrogen-bond acceptors (Lipinski definition) is 1. The summed E-state index contributed by atoms with van der Waals surface area (Å²) < 4.78 is 14.2. The van der Waals surface area contributed by atoms with Gasteiger partial charge in [0.25, 0.3) is 5.91 Å². The summed E-state index contributed by atoms with van der Waals surface area (Å²) in [5, 5.41) is 2.51. The second-order valence-corrected chi connectivity index (χ2v) is 5.25. The molecule has 0 bridgehead atoms. The maximum Gasteiger partial charge on any atom is 0.257 e. The molecule has 98 valence electrons. The molecule has 2 aromatic carbocycles. The Morgan fingerprint density at radius 1 is 1.32 bits per heavy atom. The van der Waals surface area contributed by atoms with Gasteiger partial charge < -0.3 is 5.32 Å². The number of rotatable bonds is 2. The van der Waals surface area contributed by atoms with Crippen molar-refractivity contribution in [1.29, 1.82) is 0 Å². The molecule has 0 radical (unpaired) electrons. The lowest BCUT2D eigenvalue weighted by atomic mass is 10.2. The molecule has 5 heteroatoms. The molecule has 2 rings (SSSR count). The van der Waals surface area contributed by atoms with Gasteiger partial charge in [0.15, 0.2) is 0 Å². The lowest BCUT2D eigenvalue weighted by molar-refractivity contribution is 0.102. The molecule has 0 aromatic heterocycles. The highest BCUT2D eigenvalue weighted by atomic mass is 79.9. The second kappa shape index (κ2) is 5.72. The Balaban J connectivity index is 2.26. The van der Waals surface area contributed by atoms with Gasteiger partial charge in [0, 0.05) is 10.2 Å². The molecule has 2 aromatic rings. The van der Waals surface area contributed by atoms with E-state index in [4.69, 9.17) is 11.6 Å². The predicted octanol–water partition coefficient (Wildman–Crippen LogP) is 4.80. The first-order valence-corrected chi connectivity index (χ1v) is 6.67. The molecule has 0 unspecified atom stereocenters. The Morgan fingerprint density at radius 3 is 2.74 bits per heavy atom. The van der Waals surface area contributed by atoms with E-state index in [0.29, 0.717) is 5.69 Å². The average Bonchev–Trinajstić information content (AvgIpc) is 2.37. The zero-order valence-corrected chi connectivity index (χ0v) is 12.3. The quantitative estimate of drug-likeness (QED) is 0.834. The van der Waals surface area contributed by atoms with Crippen LogP contribution in [-0.4, -0.2) is 5.91 Å². The van der Waals surface area contributed by atoms with Gasteiger partial charge in [-0.05, 0) is 42.8 Å². The molecule has 19 heavy (non-hydrogen) atoms. The fourth-order valence-corrected chi connectivity index (χ4v) is 2.06. The van der Waals surface area contributed by atoms with Gasteiger partial charge in [0.1, 0.15) is 5.82 Å². The van der Waals surface area contributed by atoms with Crippen LogP contribution in [0.25, 0.3) is 0 Å². The van der Waals surface area contributed by atoms with E-state index in [2.05, 4.69) is 21.2 Å². The number of amides is 1. The Kier molecular flexibility index (Phi) is 4.22. The first kappa shape index (κ1) is 14.0. The third-order valence-corrected chi connectivity index (χ3v) is 3.89. The van der Waals surface area contributed by atoms with Crippen LogP contribution in [0.3, 0.4) is 0 Å². The minimum atomic E-state index is -0.610. The molecule has 2 nitrogen and oxygen atoms in total. The van der Waals surface area contributed by atoms with Crippen LogP contribution in [0, 0.1) is 12.7 Å². The van der Waals surface area contributed by atoms with Crippen molar-refractivity contribution in [2.45, 2.75) is 6.92 Å². The molecule has 0 atom stereocenters. The number of hydrogen-bond donors (Lipinski definition) is 1. The van der Waals surface area contributed by atoms with E-state index in [9.17, 15) is 9.18 Å². The van der Waals surface area contributed by atoms with E-state index < -0.39 is 11.7 Å². The van der Waals surface area contributed by atoms with Gasteiger partial charge in [-0.2, -0.15) is 0 Å². The zero-order chi connectivity index (χ0) is 14.0. The third-order valence-electron chi connectivity index (χ3n) is 2.61. The van der Waals surface area contributed by atoms with Crippen LogP contribution in [0.5, 0.6) is 0 Å². The van der Waals surface area contributed by atoms with Crippen molar-refractivity contribution in [3.05, 3.63) is 62.8 Å². The summed E-state index contributed by atoms with van der Waals surface area (Å²) in [6, 6.07) is 9.54. The van der Waals surface area contributed by atoms with E-state index in [0.717, 1.165) is 10.0 Å². The van der Waals surface area contributed by atoms with Crippen LogP contribution < -0.4 is 5.32 Å². The van der Waals surface area contributed by atoms with Crippen LogP contribution in [0.4, 0.5) is 10.1 Å². The maximum atomic E-state index is 13.3. The molecular formula is C14H10BrClFNO. The van der Waals surface area contributed by atoms with E-state index in [1.54, 1.807) is 6.07 Å². The van der Waals surface area contributed by atoms with Gasteiger partial charge in [-0.25, -0.2) is 4.39 Å². The van der Waals surface area contributed by atoms with Crippen molar-refractivity contribution in [2.24, 2.45) is 0 Å². The summed E-state index contributed by atoms with van der Waals surface area (Å²) in [5.41, 5.74) is 1.73. The summed E-state index contributed by atoms with van der Waals surface area (Å²) in [5.74, 6) is -1.05. The molecule has 0 aliphatic heterocycles. The summed E-state index contributed by atoms with van der Waals surface area (Å²) in [6.07, 6.45) is 0. The number of carbonyl (C=O) groups is 1. The van der Waals surface area contributed by atoms with E-state index in [1.165, 1.54) is 18.2 Å². The molecule has 0 aliphatic rings. The summed E-state index contributed by atoms with van der Waals surface area (Å²) in [4.78, 5) is 12.0. The van der Waals surface area contributed by atoms with Gasteiger partial charge in [0.05, 0.1) is 10.6 Å². The molecule has 0 fully saturated rings. The minimum absolute atomic E-state index is 0.113. The number of aryl methyl sites for hydroxylation is 1. The molecule has 0 spiro atoms. The van der Waals surface area contributed by atoms with Gasteiger partial charge >= 0.3 is 0 Å². The summed E-state index contributed by atoms with van der Waals surface area (Å²) in [7, 11) is 0. The van der Waals surface area contributed by atoms with Gasteiger partial charge in [0.2, 0.25) is 0 Å². The number of anilines is 1. The molecular weight excluding hydrogens is 333 g/mol. The monoisotopic (exact) mass is 341 g/mol. The average molecular weight is 343 g/mol. The maximum absolute atomic E-state index is 13.3.